The van der Waals surface area contributed by atoms with Crippen LogP contribution in [0.15, 0.2) is 24.3 Å². The monoisotopic (exact) mass is 348 g/mol. The van der Waals surface area contributed by atoms with E-state index in [4.69, 9.17) is 5.73 Å². The van der Waals surface area contributed by atoms with Gasteiger partial charge in [-0.15, -0.1) is 0 Å². The first-order valence-corrected chi connectivity index (χ1v) is 8.41. The Morgan fingerprint density at radius 2 is 1.92 bits per heavy atom. The van der Waals surface area contributed by atoms with E-state index in [2.05, 4.69) is 16.0 Å². The molecule has 0 bridgehead atoms. The number of hydrogen-bond donors (Lipinski definition) is 4. The summed E-state index contributed by atoms with van der Waals surface area (Å²) in [6.07, 6.45) is 0.530. The molecule has 1 rings (SSSR count). The normalized spacial score (nSPS) is 13.2. The Hall–Kier alpha value is -2.41. The number of hydrogen-bond acceptors (Lipinski definition) is 4. The van der Waals surface area contributed by atoms with Gasteiger partial charge < -0.3 is 16.4 Å². The van der Waals surface area contributed by atoms with E-state index >= 15 is 0 Å². The minimum Gasteiger partial charge on any atom is -0.368 e. The Morgan fingerprint density at radius 3 is 2.48 bits per heavy atom. The maximum Gasteiger partial charge on any atom is 0.251 e. The zero-order valence-electron chi connectivity index (χ0n) is 15.3. The SMILES string of the molecule is CCNC(=O)c1cccc(NC(=O)CN[C@@](C)(CC(C)C)C(N)=O)c1. The van der Waals surface area contributed by atoms with Gasteiger partial charge in [0.15, 0.2) is 0 Å². The van der Waals surface area contributed by atoms with Gasteiger partial charge in [-0.25, -0.2) is 0 Å². The first-order chi connectivity index (χ1) is 11.7. The Balaban J connectivity index is 2.69. The Bertz CT molecular complexity index is 631. The molecule has 7 nitrogen and oxygen atoms in total. The van der Waals surface area contributed by atoms with E-state index in [9.17, 15) is 14.4 Å². The minimum absolute atomic E-state index is 0.0580. The first-order valence-electron chi connectivity index (χ1n) is 8.41. The van der Waals surface area contributed by atoms with Crippen molar-refractivity contribution in [2.45, 2.75) is 39.7 Å². The van der Waals surface area contributed by atoms with Crippen molar-refractivity contribution in [3.05, 3.63) is 29.8 Å². The van der Waals surface area contributed by atoms with Gasteiger partial charge in [-0.2, -0.15) is 0 Å². The molecule has 0 saturated carbocycles. The molecule has 1 aromatic carbocycles. The number of carbonyl (C=O) groups excluding carboxylic acids is 3. The number of carbonyl (C=O) groups is 3. The van der Waals surface area contributed by atoms with E-state index in [-0.39, 0.29) is 24.3 Å². The standard InChI is InChI=1S/C18H28N4O3/c1-5-20-16(24)13-7-6-8-14(9-13)22-15(23)11-21-18(4,17(19)25)10-12(2)3/h6-9,12,21H,5,10-11H2,1-4H3,(H2,19,25)(H,20,24)(H,22,23)/t18-/m0/s1. The van der Waals surface area contributed by atoms with Crippen molar-refractivity contribution in [3.63, 3.8) is 0 Å². The summed E-state index contributed by atoms with van der Waals surface area (Å²) in [5, 5.41) is 8.35. The van der Waals surface area contributed by atoms with Crippen LogP contribution in [0.25, 0.3) is 0 Å². The summed E-state index contributed by atoms with van der Waals surface area (Å²) in [6.45, 7) is 7.96. The number of amides is 3. The Morgan fingerprint density at radius 1 is 1.24 bits per heavy atom. The minimum atomic E-state index is -0.950. The second kappa shape index (κ2) is 9.17. The fourth-order valence-electron chi connectivity index (χ4n) is 2.56. The lowest BCUT2D eigenvalue weighted by molar-refractivity contribution is -0.125. The molecule has 0 aliphatic rings. The van der Waals surface area contributed by atoms with Crippen molar-refractivity contribution >= 4 is 23.4 Å². The molecule has 0 radical (unpaired) electrons. The van der Waals surface area contributed by atoms with Crippen LogP contribution in [0, 0.1) is 5.92 Å². The number of nitrogens with two attached hydrogens (primary N) is 1. The summed E-state index contributed by atoms with van der Waals surface area (Å²) < 4.78 is 0. The van der Waals surface area contributed by atoms with Crippen molar-refractivity contribution < 1.29 is 14.4 Å². The van der Waals surface area contributed by atoms with E-state index in [0.717, 1.165) is 0 Å². The largest absolute Gasteiger partial charge is 0.368 e. The van der Waals surface area contributed by atoms with Crippen LogP contribution in [0.2, 0.25) is 0 Å². The van der Waals surface area contributed by atoms with E-state index in [1.807, 2.05) is 20.8 Å². The summed E-state index contributed by atoms with van der Waals surface area (Å²) in [4.78, 5) is 35.7. The first kappa shape index (κ1) is 20.6. The second-order valence-corrected chi connectivity index (χ2v) is 6.64. The van der Waals surface area contributed by atoms with Gasteiger partial charge in [0.25, 0.3) is 5.91 Å². The third kappa shape index (κ3) is 6.54. The highest BCUT2D eigenvalue weighted by Crippen LogP contribution is 2.16. The number of anilines is 1. The third-order valence-corrected chi connectivity index (χ3v) is 3.75. The van der Waals surface area contributed by atoms with Crippen LogP contribution >= 0.6 is 0 Å². The molecule has 5 N–H and O–H groups in total. The fourth-order valence-corrected chi connectivity index (χ4v) is 2.56. The molecule has 0 heterocycles. The van der Waals surface area contributed by atoms with E-state index < -0.39 is 11.4 Å². The molecule has 1 aromatic rings. The number of rotatable bonds is 9. The second-order valence-electron chi connectivity index (χ2n) is 6.64. The molecular weight excluding hydrogens is 320 g/mol. The molecule has 0 unspecified atom stereocenters. The van der Waals surface area contributed by atoms with Crippen LogP contribution in [0.4, 0.5) is 5.69 Å². The van der Waals surface area contributed by atoms with Gasteiger partial charge in [-0.05, 0) is 44.4 Å². The van der Waals surface area contributed by atoms with Gasteiger partial charge in [0.05, 0.1) is 12.1 Å². The molecule has 0 aromatic heterocycles. The number of primary amides is 1. The molecule has 0 aliphatic heterocycles. The van der Waals surface area contributed by atoms with Crippen LogP contribution in [-0.4, -0.2) is 36.3 Å². The van der Waals surface area contributed by atoms with E-state index in [1.54, 1.807) is 31.2 Å². The van der Waals surface area contributed by atoms with Gasteiger partial charge in [0.1, 0.15) is 0 Å². The Labute approximate surface area is 148 Å². The van der Waals surface area contributed by atoms with Gasteiger partial charge in [0.2, 0.25) is 11.8 Å². The zero-order chi connectivity index (χ0) is 19.0. The quantitative estimate of drug-likeness (QED) is 0.538. The zero-order valence-corrected chi connectivity index (χ0v) is 15.3. The molecule has 0 aliphatic carbocycles. The van der Waals surface area contributed by atoms with Crippen molar-refractivity contribution in [2.24, 2.45) is 11.7 Å². The number of benzene rings is 1. The molecule has 0 fully saturated rings. The highest BCUT2D eigenvalue weighted by atomic mass is 16.2. The highest BCUT2D eigenvalue weighted by molar-refractivity contribution is 5.97. The summed E-state index contributed by atoms with van der Waals surface area (Å²) in [6, 6.07) is 6.66. The van der Waals surface area contributed by atoms with Crippen LogP contribution < -0.4 is 21.7 Å². The topological polar surface area (TPSA) is 113 Å². The molecule has 7 heteroatoms. The highest BCUT2D eigenvalue weighted by Gasteiger charge is 2.31. The molecule has 25 heavy (non-hydrogen) atoms. The predicted octanol–water partition coefficient (Wildman–Crippen LogP) is 1.25. The summed E-state index contributed by atoms with van der Waals surface area (Å²) in [7, 11) is 0. The average molecular weight is 348 g/mol. The van der Waals surface area contributed by atoms with Crippen molar-refractivity contribution in [2.75, 3.05) is 18.4 Å². The van der Waals surface area contributed by atoms with Crippen molar-refractivity contribution in [1.29, 1.82) is 0 Å². The molecule has 1 atom stereocenters. The Kier molecular flexibility index (Phi) is 7.57. The summed E-state index contributed by atoms with van der Waals surface area (Å²) in [5.41, 5.74) is 5.49. The lowest BCUT2D eigenvalue weighted by Gasteiger charge is -2.29. The number of nitrogens with one attached hydrogen (secondary N) is 3. The lowest BCUT2D eigenvalue weighted by Crippen LogP contribution is -2.55. The van der Waals surface area contributed by atoms with Gasteiger partial charge in [-0.1, -0.05) is 19.9 Å². The van der Waals surface area contributed by atoms with Gasteiger partial charge in [-0.3, -0.25) is 19.7 Å². The van der Waals surface area contributed by atoms with Crippen molar-refractivity contribution in [3.8, 4) is 0 Å². The maximum atomic E-state index is 12.1. The van der Waals surface area contributed by atoms with Crippen LogP contribution in [-0.2, 0) is 9.59 Å². The molecule has 138 valence electrons. The molecular formula is C18H28N4O3. The van der Waals surface area contributed by atoms with Crippen LogP contribution in [0.1, 0.15) is 44.5 Å². The van der Waals surface area contributed by atoms with Gasteiger partial charge in [0, 0.05) is 17.8 Å². The van der Waals surface area contributed by atoms with Crippen LogP contribution in [0.5, 0.6) is 0 Å². The fraction of sp³-hybridized carbons (Fsp3) is 0.500. The van der Waals surface area contributed by atoms with E-state index in [0.29, 0.717) is 24.2 Å². The maximum absolute atomic E-state index is 12.1. The third-order valence-electron chi connectivity index (χ3n) is 3.75. The molecule has 3 amide bonds. The smallest absolute Gasteiger partial charge is 0.251 e. The average Bonchev–Trinajstić information content (AvgIpc) is 2.52. The lowest BCUT2D eigenvalue weighted by atomic mass is 9.90. The van der Waals surface area contributed by atoms with Gasteiger partial charge >= 0.3 is 0 Å². The summed E-state index contributed by atoms with van der Waals surface area (Å²) >= 11 is 0. The van der Waals surface area contributed by atoms with E-state index in [1.165, 1.54) is 0 Å². The predicted molar refractivity (Wildman–Crippen MR) is 98.1 cm³/mol. The molecule has 0 spiro atoms. The molecule has 0 saturated heterocycles. The van der Waals surface area contributed by atoms with Crippen LogP contribution in [0.3, 0.4) is 0 Å². The summed E-state index contributed by atoms with van der Waals surface area (Å²) in [5.74, 6) is -0.756. The van der Waals surface area contributed by atoms with Crippen molar-refractivity contribution in [1.82, 2.24) is 10.6 Å².